The van der Waals surface area contributed by atoms with E-state index in [-0.39, 0.29) is 43.0 Å². The van der Waals surface area contributed by atoms with Crippen LogP contribution in [0.15, 0.2) is 42.0 Å². The lowest BCUT2D eigenvalue weighted by atomic mass is 9.64. The molecule has 3 heterocycles. The first-order chi connectivity index (χ1) is 19.0. The van der Waals surface area contributed by atoms with E-state index >= 15 is 0 Å². The summed E-state index contributed by atoms with van der Waals surface area (Å²) in [6, 6.07) is 10.3. The highest BCUT2D eigenvalue weighted by Gasteiger charge is 2.51. The molecule has 39 heavy (non-hydrogen) atoms. The van der Waals surface area contributed by atoms with Crippen molar-refractivity contribution in [3.05, 3.63) is 47.5 Å². The first kappa shape index (κ1) is 27.5. The molecule has 212 valence electrons. The number of ether oxygens (including phenoxy) is 2. The number of hydrogen-bond acceptors (Lipinski definition) is 6. The number of carbonyl (C=O) groups is 3. The fraction of sp³-hybridized carbons (Fsp3) is 0.633. The van der Waals surface area contributed by atoms with Crippen LogP contribution in [0.3, 0.4) is 0 Å². The molecular formula is C30H42N4O5. The Bertz CT molecular complexity index is 1050. The van der Waals surface area contributed by atoms with Crippen LogP contribution in [0.1, 0.15) is 57.4 Å². The van der Waals surface area contributed by atoms with E-state index in [0.717, 1.165) is 76.8 Å². The lowest BCUT2D eigenvalue weighted by molar-refractivity contribution is -0.131. The Kier molecular flexibility index (Phi) is 8.75. The first-order valence-corrected chi connectivity index (χ1v) is 14.5. The first-order valence-electron chi connectivity index (χ1n) is 14.5. The molecule has 1 aromatic rings. The minimum Gasteiger partial charge on any atom is -0.450 e. The fourth-order valence-electron chi connectivity index (χ4n) is 6.81. The van der Waals surface area contributed by atoms with Crippen molar-refractivity contribution in [3.63, 3.8) is 0 Å². The second kappa shape index (κ2) is 12.4. The van der Waals surface area contributed by atoms with Crippen molar-refractivity contribution >= 4 is 18.1 Å². The zero-order valence-corrected chi connectivity index (χ0v) is 23.1. The third-order valence-corrected chi connectivity index (χ3v) is 8.92. The largest absolute Gasteiger partial charge is 0.450 e. The molecule has 0 unspecified atom stereocenters. The standard InChI is InChI=1S/C30H42N4O5/c1-2-38-29(37)33-18-13-30(22-33)19-25(20-30)32-16-11-24(12-17-32)26-9-6-15-34(26)27(35)10-14-31-28(36)39-21-23-7-4-3-5-8-23/h3-5,7-8,11,25-26H,2,6,9-10,12-22H2,1H3,(H,31,36)/t25?,26-,30?/m0/s1. The van der Waals surface area contributed by atoms with Gasteiger partial charge < -0.3 is 24.6 Å². The number of likely N-dealkylation sites (tertiary alicyclic amines) is 2. The van der Waals surface area contributed by atoms with Crippen LogP contribution >= 0.6 is 0 Å². The van der Waals surface area contributed by atoms with E-state index in [4.69, 9.17) is 9.47 Å². The molecule has 9 heteroatoms. The van der Waals surface area contributed by atoms with Gasteiger partial charge >= 0.3 is 12.2 Å². The molecule has 5 rings (SSSR count). The summed E-state index contributed by atoms with van der Waals surface area (Å²) < 4.78 is 10.4. The van der Waals surface area contributed by atoms with Crippen molar-refractivity contribution in [2.75, 3.05) is 45.9 Å². The Morgan fingerprint density at radius 1 is 1.08 bits per heavy atom. The van der Waals surface area contributed by atoms with Crippen LogP contribution in [0.4, 0.5) is 9.59 Å². The van der Waals surface area contributed by atoms with E-state index < -0.39 is 6.09 Å². The lowest BCUT2D eigenvalue weighted by Gasteiger charge is -2.51. The molecule has 1 saturated carbocycles. The van der Waals surface area contributed by atoms with E-state index in [1.165, 1.54) is 5.57 Å². The van der Waals surface area contributed by atoms with Gasteiger partial charge in [0.2, 0.25) is 5.91 Å². The van der Waals surface area contributed by atoms with Gasteiger partial charge in [0, 0.05) is 51.7 Å². The maximum absolute atomic E-state index is 13.0. The van der Waals surface area contributed by atoms with Crippen molar-refractivity contribution in [3.8, 4) is 0 Å². The molecule has 1 N–H and O–H groups in total. The summed E-state index contributed by atoms with van der Waals surface area (Å²) >= 11 is 0. The molecule has 0 radical (unpaired) electrons. The van der Waals surface area contributed by atoms with Crippen LogP contribution in [-0.2, 0) is 20.9 Å². The topological polar surface area (TPSA) is 91.4 Å². The molecule has 2 saturated heterocycles. The van der Waals surface area contributed by atoms with Gasteiger partial charge in [0.05, 0.1) is 12.6 Å². The zero-order valence-electron chi connectivity index (χ0n) is 23.1. The molecule has 4 aliphatic rings. The number of nitrogens with zero attached hydrogens (tertiary/aromatic N) is 3. The predicted octanol–water partition coefficient (Wildman–Crippen LogP) is 3.94. The second-order valence-electron chi connectivity index (χ2n) is 11.4. The normalized spacial score (nSPS) is 26.7. The SMILES string of the molecule is CCOC(=O)N1CCC2(CC(N3CC=C([C@@H]4CCCN4C(=O)CCNC(=O)OCc4ccccc4)CC3)C2)C1. The Morgan fingerprint density at radius 2 is 1.90 bits per heavy atom. The number of nitrogens with one attached hydrogen (secondary N) is 1. The summed E-state index contributed by atoms with van der Waals surface area (Å²) in [5.41, 5.74) is 2.59. The lowest BCUT2D eigenvalue weighted by Crippen LogP contribution is -2.53. The van der Waals surface area contributed by atoms with Gasteiger partial charge in [0.1, 0.15) is 6.61 Å². The van der Waals surface area contributed by atoms with E-state index in [1.54, 1.807) is 0 Å². The number of carbonyl (C=O) groups excluding carboxylic acids is 3. The number of alkyl carbamates (subject to hydrolysis) is 1. The van der Waals surface area contributed by atoms with Gasteiger partial charge in [0.25, 0.3) is 0 Å². The molecule has 3 amide bonds. The van der Waals surface area contributed by atoms with Crippen LogP contribution in [-0.4, -0.2) is 90.8 Å². The molecule has 1 spiro atoms. The molecule has 0 aromatic heterocycles. The maximum Gasteiger partial charge on any atom is 0.409 e. The minimum atomic E-state index is -0.497. The highest BCUT2D eigenvalue weighted by molar-refractivity contribution is 5.78. The summed E-state index contributed by atoms with van der Waals surface area (Å²) in [7, 11) is 0. The summed E-state index contributed by atoms with van der Waals surface area (Å²) in [4.78, 5) is 43.6. The summed E-state index contributed by atoms with van der Waals surface area (Å²) in [6.07, 6.45) is 8.38. The molecule has 3 fully saturated rings. The molecular weight excluding hydrogens is 496 g/mol. The van der Waals surface area contributed by atoms with E-state index in [0.29, 0.717) is 12.6 Å². The molecule has 1 atom stereocenters. The monoisotopic (exact) mass is 538 g/mol. The third-order valence-electron chi connectivity index (χ3n) is 8.92. The van der Waals surface area contributed by atoms with Gasteiger partial charge in [0.15, 0.2) is 0 Å². The quantitative estimate of drug-likeness (QED) is 0.505. The average Bonchev–Trinajstić information content (AvgIpc) is 3.61. The summed E-state index contributed by atoms with van der Waals surface area (Å²) in [6.45, 7) is 7.16. The number of benzene rings is 1. The Morgan fingerprint density at radius 3 is 2.64 bits per heavy atom. The Balaban J connectivity index is 1.03. The van der Waals surface area contributed by atoms with Crippen LogP contribution in [0.2, 0.25) is 0 Å². The average molecular weight is 539 g/mol. The smallest absolute Gasteiger partial charge is 0.409 e. The van der Waals surface area contributed by atoms with Crippen LogP contribution in [0.25, 0.3) is 0 Å². The highest BCUT2D eigenvalue weighted by atomic mass is 16.6. The van der Waals surface area contributed by atoms with Crippen LogP contribution in [0.5, 0.6) is 0 Å². The van der Waals surface area contributed by atoms with Gasteiger partial charge in [-0.05, 0) is 62.0 Å². The van der Waals surface area contributed by atoms with Gasteiger partial charge in [-0.2, -0.15) is 0 Å². The zero-order chi connectivity index (χ0) is 27.2. The van der Waals surface area contributed by atoms with Crippen molar-refractivity contribution < 1.29 is 23.9 Å². The van der Waals surface area contributed by atoms with Gasteiger partial charge in [-0.15, -0.1) is 0 Å². The van der Waals surface area contributed by atoms with Crippen molar-refractivity contribution in [2.24, 2.45) is 5.41 Å². The number of rotatable bonds is 8. The minimum absolute atomic E-state index is 0.0949. The predicted molar refractivity (Wildman–Crippen MR) is 147 cm³/mol. The maximum atomic E-state index is 13.0. The summed E-state index contributed by atoms with van der Waals surface area (Å²) in [5, 5.41) is 2.71. The van der Waals surface area contributed by atoms with Crippen molar-refractivity contribution in [1.82, 2.24) is 20.0 Å². The van der Waals surface area contributed by atoms with E-state index in [9.17, 15) is 14.4 Å². The Hall–Kier alpha value is -3.07. The van der Waals surface area contributed by atoms with Crippen LogP contribution in [0, 0.1) is 5.41 Å². The fourth-order valence-corrected chi connectivity index (χ4v) is 6.81. The van der Waals surface area contributed by atoms with Crippen molar-refractivity contribution in [2.45, 2.75) is 70.6 Å². The van der Waals surface area contributed by atoms with Crippen molar-refractivity contribution in [1.29, 1.82) is 0 Å². The van der Waals surface area contributed by atoms with Gasteiger partial charge in [-0.1, -0.05) is 36.4 Å². The second-order valence-corrected chi connectivity index (χ2v) is 11.4. The molecule has 1 aromatic carbocycles. The van der Waals surface area contributed by atoms with Crippen LogP contribution < -0.4 is 5.32 Å². The van der Waals surface area contributed by atoms with Gasteiger partial charge in [-0.3, -0.25) is 9.69 Å². The Labute approximate surface area is 231 Å². The number of hydrogen-bond donors (Lipinski definition) is 1. The van der Waals surface area contributed by atoms with Gasteiger partial charge in [-0.25, -0.2) is 9.59 Å². The molecule has 3 aliphatic heterocycles. The summed E-state index contributed by atoms with van der Waals surface area (Å²) in [5.74, 6) is 0.0949. The molecule has 9 nitrogen and oxygen atoms in total. The third kappa shape index (κ3) is 6.57. The highest BCUT2D eigenvalue weighted by Crippen LogP contribution is 2.50. The molecule has 1 aliphatic carbocycles. The molecule has 0 bridgehead atoms. The number of amides is 3. The van der Waals surface area contributed by atoms with E-state index in [2.05, 4.69) is 16.3 Å². The van der Waals surface area contributed by atoms with E-state index in [1.807, 2.05) is 47.1 Å².